The molecule has 0 aliphatic heterocycles. The molecule has 0 aromatic rings. The average molecular weight is 260 g/mol. The summed E-state index contributed by atoms with van der Waals surface area (Å²) in [5.74, 6) is -1.01. The van der Waals surface area contributed by atoms with Crippen molar-refractivity contribution in [3.05, 3.63) is 0 Å². The van der Waals surface area contributed by atoms with Crippen molar-refractivity contribution in [2.24, 2.45) is 0 Å². The molecule has 7 heteroatoms. The minimum absolute atomic E-state index is 0.0926. The maximum atomic E-state index is 11.8. The Labute approximate surface area is 106 Å². The Bertz CT molecular complexity index is 317. The number of carbonyl (C=O) groups excluding carboxylic acids is 1. The molecule has 0 spiro atoms. The van der Waals surface area contributed by atoms with Gasteiger partial charge in [0.05, 0.1) is 19.3 Å². The van der Waals surface area contributed by atoms with Crippen LogP contribution in [0.15, 0.2) is 0 Å². The van der Waals surface area contributed by atoms with E-state index in [1.807, 2.05) is 0 Å². The molecule has 104 valence electrons. The smallest absolute Gasteiger partial charge is 0.329 e. The second-order valence-electron chi connectivity index (χ2n) is 4.66. The van der Waals surface area contributed by atoms with Crippen LogP contribution >= 0.6 is 0 Å². The van der Waals surface area contributed by atoms with Crippen LogP contribution in [0.2, 0.25) is 0 Å². The molecule has 1 fully saturated rings. The van der Waals surface area contributed by atoms with Crippen LogP contribution in [0, 0.1) is 0 Å². The van der Waals surface area contributed by atoms with Crippen molar-refractivity contribution in [2.75, 3.05) is 27.3 Å². The average Bonchev–Trinajstić information content (AvgIpc) is 2.22. The maximum absolute atomic E-state index is 11.8. The van der Waals surface area contributed by atoms with Crippen molar-refractivity contribution in [2.45, 2.75) is 30.9 Å². The Morgan fingerprint density at radius 2 is 2.11 bits per heavy atom. The zero-order valence-electron chi connectivity index (χ0n) is 10.7. The molecule has 1 aliphatic rings. The fourth-order valence-electron chi connectivity index (χ4n) is 1.87. The summed E-state index contributed by atoms with van der Waals surface area (Å²) in [4.78, 5) is 24.1. The van der Waals surface area contributed by atoms with E-state index in [9.17, 15) is 14.7 Å². The molecular weight excluding hydrogens is 240 g/mol. The van der Waals surface area contributed by atoms with Gasteiger partial charge in [-0.1, -0.05) is 0 Å². The van der Waals surface area contributed by atoms with Gasteiger partial charge in [-0.05, 0) is 19.3 Å². The highest BCUT2D eigenvalue weighted by atomic mass is 16.5. The Balaban J connectivity index is 2.46. The van der Waals surface area contributed by atoms with Gasteiger partial charge in [0.1, 0.15) is 5.54 Å². The number of hydrogen-bond acceptors (Lipinski definition) is 4. The number of nitrogens with one attached hydrogen (secondary N) is 1. The standard InChI is InChI=1S/C11H20N2O5/c1-13(6-8(14)7-18-2)10(17)12-11(9(15)16)4-3-5-11/h8,14H,3-7H2,1-2H3,(H,12,17)(H,15,16). The molecule has 18 heavy (non-hydrogen) atoms. The zero-order valence-corrected chi connectivity index (χ0v) is 10.7. The monoisotopic (exact) mass is 260 g/mol. The van der Waals surface area contributed by atoms with Crippen LogP contribution in [-0.2, 0) is 9.53 Å². The molecule has 0 saturated heterocycles. The van der Waals surface area contributed by atoms with E-state index in [1.165, 1.54) is 19.1 Å². The number of methoxy groups -OCH3 is 1. The van der Waals surface area contributed by atoms with Crippen LogP contribution in [0.5, 0.6) is 0 Å². The summed E-state index contributed by atoms with van der Waals surface area (Å²) in [5, 5.41) is 21.1. The van der Waals surface area contributed by atoms with Crippen molar-refractivity contribution >= 4 is 12.0 Å². The van der Waals surface area contributed by atoms with Crippen molar-refractivity contribution < 1.29 is 24.5 Å². The summed E-state index contributed by atoms with van der Waals surface area (Å²) < 4.78 is 4.75. The van der Waals surface area contributed by atoms with Crippen LogP contribution in [0.4, 0.5) is 4.79 Å². The third kappa shape index (κ3) is 3.33. The van der Waals surface area contributed by atoms with Gasteiger partial charge in [0.2, 0.25) is 0 Å². The molecule has 1 atom stereocenters. The molecule has 1 saturated carbocycles. The number of nitrogens with zero attached hydrogens (tertiary/aromatic N) is 1. The minimum Gasteiger partial charge on any atom is -0.480 e. The van der Waals surface area contributed by atoms with Crippen LogP contribution in [0.3, 0.4) is 0 Å². The molecule has 1 aliphatic carbocycles. The number of aliphatic hydroxyl groups is 1. The summed E-state index contributed by atoms with van der Waals surface area (Å²) in [6.45, 7) is 0.219. The number of urea groups is 1. The van der Waals surface area contributed by atoms with Gasteiger partial charge in [-0.15, -0.1) is 0 Å². The van der Waals surface area contributed by atoms with E-state index in [2.05, 4.69) is 5.32 Å². The lowest BCUT2D eigenvalue weighted by molar-refractivity contribution is -0.148. The summed E-state index contributed by atoms with van der Waals surface area (Å²) >= 11 is 0. The number of hydrogen-bond donors (Lipinski definition) is 3. The van der Waals surface area contributed by atoms with E-state index in [1.54, 1.807) is 0 Å². The second-order valence-corrected chi connectivity index (χ2v) is 4.66. The fraction of sp³-hybridized carbons (Fsp3) is 0.818. The van der Waals surface area contributed by atoms with Gasteiger partial charge < -0.3 is 25.2 Å². The molecule has 0 aromatic heterocycles. The van der Waals surface area contributed by atoms with Crippen LogP contribution in [0.25, 0.3) is 0 Å². The number of aliphatic carboxylic acids is 1. The molecule has 7 nitrogen and oxygen atoms in total. The van der Waals surface area contributed by atoms with Gasteiger partial charge in [0, 0.05) is 14.2 Å². The van der Waals surface area contributed by atoms with Crippen LogP contribution < -0.4 is 5.32 Å². The van der Waals surface area contributed by atoms with Gasteiger partial charge in [0.15, 0.2) is 0 Å². The number of rotatable bonds is 6. The maximum Gasteiger partial charge on any atom is 0.329 e. The summed E-state index contributed by atoms with van der Waals surface area (Å²) in [6, 6.07) is -0.493. The molecule has 0 aromatic carbocycles. The normalized spacial score (nSPS) is 18.6. The third-order valence-electron chi connectivity index (χ3n) is 3.15. The first-order chi connectivity index (χ1) is 8.41. The second kappa shape index (κ2) is 6.01. The van der Waals surface area contributed by atoms with E-state index >= 15 is 0 Å². The van der Waals surface area contributed by atoms with Gasteiger partial charge in [-0.2, -0.15) is 0 Å². The highest BCUT2D eigenvalue weighted by Gasteiger charge is 2.46. The lowest BCUT2D eigenvalue weighted by atomic mass is 9.77. The van der Waals surface area contributed by atoms with E-state index in [4.69, 9.17) is 9.84 Å². The fourth-order valence-corrected chi connectivity index (χ4v) is 1.87. The molecule has 1 rings (SSSR count). The largest absolute Gasteiger partial charge is 0.480 e. The molecule has 1 unspecified atom stereocenters. The van der Waals surface area contributed by atoms with E-state index in [-0.39, 0.29) is 13.2 Å². The SMILES string of the molecule is COCC(O)CN(C)C(=O)NC1(C(=O)O)CCC1. The summed E-state index contributed by atoms with van der Waals surface area (Å²) in [6.07, 6.45) is 0.904. The first kappa shape index (κ1) is 14.7. The quantitative estimate of drug-likeness (QED) is 0.606. The Hall–Kier alpha value is -1.34. The zero-order chi connectivity index (χ0) is 13.8. The van der Waals surface area contributed by atoms with Gasteiger partial charge in [-0.25, -0.2) is 9.59 Å². The van der Waals surface area contributed by atoms with Crippen LogP contribution in [-0.4, -0.2) is 66.1 Å². The minimum atomic E-state index is -1.13. The first-order valence-corrected chi connectivity index (χ1v) is 5.85. The Kier molecular flexibility index (Phi) is 4.92. The molecule has 0 heterocycles. The Morgan fingerprint density at radius 3 is 2.50 bits per heavy atom. The predicted molar refractivity (Wildman–Crippen MR) is 63.3 cm³/mol. The van der Waals surface area contributed by atoms with Crippen molar-refractivity contribution in [3.8, 4) is 0 Å². The van der Waals surface area contributed by atoms with Crippen molar-refractivity contribution in [1.29, 1.82) is 0 Å². The molecule has 3 N–H and O–H groups in total. The van der Waals surface area contributed by atoms with E-state index in [0.717, 1.165) is 6.42 Å². The topological polar surface area (TPSA) is 99.1 Å². The number of carboxylic acids is 1. The number of ether oxygens (including phenoxy) is 1. The van der Waals surface area contributed by atoms with Gasteiger partial charge in [0.25, 0.3) is 0 Å². The summed E-state index contributed by atoms with van der Waals surface area (Å²) in [5.41, 5.74) is -1.13. The molecule has 0 radical (unpaired) electrons. The number of likely N-dealkylation sites (N-methyl/N-ethyl adjacent to an activating group) is 1. The Morgan fingerprint density at radius 1 is 1.50 bits per heavy atom. The highest BCUT2D eigenvalue weighted by Crippen LogP contribution is 2.32. The predicted octanol–water partition coefficient (Wildman–Crippen LogP) is -0.358. The molecular formula is C11H20N2O5. The lowest BCUT2D eigenvalue weighted by Crippen LogP contribution is -2.61. The molecule has 0 bridgehead atoms. The number of aliphatic hydroxyl groups excluding tert-OH is 1. The number of amides is 2. The van der Waals surface area contributed by atoms with Crippen LogP contribution in [0.1, 0.15) is 19.3 Å². The lowest BCUT2D eigenvalue weighted by Gasteiger charge is -2.39. The third-order valence-corrected chi connectivity index (χ3v) is 3.15. The summed E-state index contributed by atoms with van der Waals surface area (Å²) in [7, 11) is 2.96. The molecule has 2 amide bonds. The highest BCUT2D eigenvalue weighted by molar-refractivity contribution is 5.87. The van der Waals surface area contributed by atoms with Crippen molar-refractivity contribution in [3.63, 3.8) is 0 Å². The van der Waals surface area contributed by atoms with E-state index < -0.39 is 23.6 Å². The van der Waals surface area contributed by atoms with E-state index in [0.29, 0.717) is 12.8 Å². The first-order valence-electron chi connectivity index (χ1n) is 5.85. The number of carbonyl (C=O) groups is 2. The van der Waals surface area contributed by atoms with Gasteiger partial charge in [-0.3, -0.25) is 0 Å². The van der Waals surface area contributed by atoms with Gasteiger partial charge >= 0.3 is 12.0 Å². The van der Waals surface area contributed by atoms with Crippen molar-refractivity contribution in [1.82, 2.24) is 10.2 Å². The number of carboxylic acid groups (broad SMARTS) is 1.